The van der Waals surface area contributed by atoms with Crippen LogP contribution in [-0.4, -0.2) is 32.5 Å². The molecule has 2 unspecified atom stereocenters. The van der Waals surface area contributed by atoms with Gasteiger partial charge in [-0.05, 0) is 19.3 Å². The molecule has 3 nitrogen and oxygen atoms in total. The molecule has 1 aliphatic carbocycles. The van der Waals surface area contributed by atoms with Crippen LogP contribution in [0.3, 0.4) is 0 Å². The first-order chi connectivity index (χ1) is 6.34. The van der Waals surface area contributed by atoms with E-state index >= 15 is 0 Å². The van der Waals surface area contributed by atoms with Gasteiger partial charge in [0.2, 0.25) is 0 Å². The van der Waals surface area contributed by atoms with Crippen LogP contribution in [0, 0.1) is 0 Å². The second-order valence-corrected chi connectivity index (χ2v) is 3.70. The van der Waals surface area contributed by atoms with Crippen molar-refractivity contribution in [1.82, 2.24) is 0 Å². The average molecular weight is 187 g/mol. The summed E-state index contributed by atoms with van der Waals surface area (Å²) in [5.41, 5.74) is 5.94. The number of ether oxygens (including phenoxy) is 2. The van der Waals surface area contributed by atoms with Crippen molar-refractivity contribution in [3.05, 3.63) is 0 Å². The molecule has 1 rings (SSSR count). The van der Waals surface area contributed by atoms with Gasteiger partial charge in [-0.15, -0.1) is 0 Å². The third-order valence-electron chi connectivity index (χ3n) is 2.58. The van der Waals surface area contributed by atoms with Crippen molar-refractivity contribution in [2.45, 2.75) is 44.2 Å². The van der Waals surface area contributed by atoms with Crippen molar-refractivity contribution in [2.75, 3.05) is 20.3 Å². The molecule has 1 fully saturated rings. The molecule has 0 radical (unpaired) electrons. The lowest BCUT2D eigenvalue weighted by atomic mass is 9.93. The minimum absolute atomic E-state index is 0.260. The van der Waals surface area contributed by atoms with Crippen LogP contribution in [0.25, 0.3) is 0 Å². The Kier molecular flexibility index (Phi) is 5.35. The maximum Gasteiger partial charge on any atom is 0.0725 e. The quantitative estimate of drug-likeness (QED) is 0.660. The fourth-order valence-electron chi connectivity index (χ4n) is 1.77. The van der Waals surface area contributed by atoms with E-state index in [-0.39, 0.29) is 6.04 Å². The molecule has 1 aliphatic rings. The molecule has 0 bridgehead atoms. The Hall–Kier alpha value is -0.120. The summed E-state index contributed by atoms with van der Waals surface area (Å²) in [6.45, 7) is 1.56. The van der Waals surface area contributed by atoms with E-state index in [4.69, 9.17) is 15.2 Å². The van der Waals surface area contributed by atoms with Crippen molar-refractivity contribution in [3.8, 4) is 0 Å². The van der Waals surface area contributed by atoms with Gasteiger partial charge < -0.3 is 15.2 Å². The van der Waals surface area contributed by atoms with Gasteiger partial charge in [-0.25, -0.2) is 0 Å². The predicted molar refractivity (Wildman–Crippen MR) is 52.7 cm³/mol. The molecule has 78 valence electrons. The predicted octanol–water partition coefficient (Wildman–Crippen LogP) is 1.31. The first kappa shape index (κ1) is 11.0. The Bertz CT molecular complexity index is 130. The monoisotopic (exact) mass is 187 g/mol. The van der Waals surface area contributed by atoms with Crippen molar-refractivity contribution in [1.29, 1.82) is 0 Å². The number of hydrogen-bond donors (Lipinski definition) is 1. The topological polar surface area (TPSA) is 44.5 Å². The van der Waals surface area contributed by atoms with Crippen LogP contribution >= 0.6 is 0 Å². The molecule has 1 saturated carbocycles. The standard InChI is InChI=1S/C10H21NO2/c1-12-7-4-8-13-10-6-3-2-5-9(10)11/h9-10H,2-8,11H2,1H3. The smallest absolute Gasteiger partial charge is 0.0725 e. The molecular weight excluding hydrogens is 166 g/mol. The highest BCUT2D eigenvalue weighted by Crippen LogP contribution is 2.19. The molecule has 2 atom stereocenters. The molecule has 0 heterocycles. The number of methoxy groups -OCH3 is 1. The fraction of sp³-hybridized carbons (Fsp3) is 1.00. The Morgan fingerprint density at radius 1 is 1.23 bits per heavy atom. The van der Waals surface area contributed by atoms with Crippen molar-refractivity contribution < 1.29 is 9.47 Å². The van der Waals surface area contributed by atoms with Gasteiger partial charge in [-0.1, -0.05) is 12.8 Å². The summed E-state index contributed by atoms with van der Waals surface area (Å²) in [6, 6.07) is 0.260. The van der Waals surface area contributed by atoms with Crippen LogP contribution in [0.2, 0.25) is 0 Å². The van der Waals surface area contributed by atoms with Gasteiger partial charge in [0.25, 0.3) is 0 Å². The maximum atomic E-state index is 5.94. The summed E-state index contributed by atoms with van der Waals surface area (Å²) in [5.74, 6) is 0. The van der Waals surface area contributed by atoms with Gasteiger partial charge in [0.05, 0.1) is 6.10 Å². The van der Waals surface area contributed by atoms with E-state index in [0.717, 1.165) is 32.5 Å². The van der Waals surface area contributed by atoms with Crippen molar-refractivity contribution in [2.24, 2.45) is 5.73 Å². The number of rotatable bonds is 5. The van der Waals surface area contributed by atoms with Crippen LogP contribution in [0.15, 0.2) is 0 Å². The van der Waals surface area contributed by atoms with Gasteiger partial charge >= 0.3 is 0 Å². The first-order valence-electron chi connectivity index (χ1n) is 5.20. The number of nitrogens with two attached hydrogens (primary N) is 1. The molecule has 0 aromatic rings. The molecular formula is C10H21NO2. The van der Waals surface area contributed by atoms with Crippen LogP contribution in [0.1, 0.15) is 32.1 Å². The van der Waals surface area contributed by atoms with Gasteiger partial charge in [0.1, 0.15) is 0 Å². The van der Waals surface area contributed by atoms with Gasteiger partial charge in [-0.3, -0.25) is 0 Å². The summed E-state index contributed by atoms with van der Waals surface area (Å²) in [4.78, 5) is 0. The molecule has 2 N–H and O–H groups in total. The van der Waals surface area contributed by atoms with Crippen LogP contribution in [0.5, 0.6) is 0 Å². The molecule has 0 aromatic carbocycles. The summed E-state index contributed by atoms with van der Waals surface area (Å²) in [6.07, 6.45) is 6.05. The fourth-order valence-corrected chi connectivity index (χ4v) is 1.77. The molecule has 13 heavy (non-hydrogen) atoms. The Labute approximate surface area is 80.6 Å². The molecule has 0 aliphatic heterocycles. The van der Waals surface area contributed by atoms with E-state index in [9.17, 15) is 0 Å². The Morgan fingerprint density at radius 3 is 2.69 bits per heavy atom. The second-order valence-electron chi connectivity index (χ2n) is 3.70. The summed E-state index contributed by atoms with van der Waals surface area (Å²) >= 11 is 0. The van der Waals surface area contributed by atoms with Gasteiger partial charge in [-0.2, -0.15) is 0 Å². The summed E-state index contributed by atoms with van der Waals surface area (Å²) in [5, 5.41) is 0. The first-order valence-corrected chi connectivity index (χ1v) is 5.20. The Morgan fingerprint density at radius 2 is 2.00 bits per heavy atom. The van der Waals surface area contributed by atoms with Crippen LogP contribution in [0.4, 0.5) is 0 Å². The highest BCUT2D eigenvalue weighted by molar-refractivity contribution is 4.78. The normalized spacial score (nSPS) is 29.1. The summed E-state index contributed by atoms with van der Waals surface area (Å²) in [7, 11) is 1.71. The minimum Gasteiger partial charge on any atom is -0.385 e. The zero-order valence-corrected chi connectivity index (χ0v) is 8.50. The molecule has 0 saturated heterocycles. The third kappa shape index (κ3) is 4.07. The lowest BCUT2D eigenvalue weighted by Crippen LogP contribution is -2.39. The summed E-state index contributed by atoms with van der Waals surface area (Å²) < 4.78 is 10.6. The largest absolute Gasteiger partial charge is 0.385 e. The molecule has 3 heteroatoms. The third-order valence-corrected chi connectivity index (χ3v) is 2.58. The highest BCUT2D eigenvalue weighted by atomic mass is 16.5. The van der Waals surface area contributed by atoms with E-state index in [1.165, 1.54) is 12.8 Å². The zero-order chi connectivity index (χ0) is 9.52. The lowest BCUT2D eigenvalue weighted by molar-refractivity contribution is 0.00634. The van der Waals surface area contributed by atoms with Crippen molar-refractivity contribution >= 4 is 0 Å². The molecule has 0 amide bonds. The molecule has 0 aromatic heterocycles. The van der Waals surface area contributed by atoms with E-state index in [2.05, 4.69) is 0 Å². The lowest BCUT2D eigenvalue weighted by Gasteiger charge is -2.28. The highest BCUT2D eigenvalue weighted by Gasteiger charge is 2.21. The van der Waals surface area contributed by atoms with Crippen LogP contribution < -0.4 is 5.73 Å². The Balaban J connectivity index is 2.05. The van der Waals surface area contributed by atoms with Gasteiger partial charge in [0.15, 0.2) is 0 Å². The van der Waals surface area contributed by atoms with E-state index < -0.39 is 0 Å². The number of hydrogen-bond acceptors (Lipinski definition) is 3. The molecule has 0 spiro atoms. The van der Waals surface area contributed by atoms with Gasteiger partial charge in [0, 0.05) is 26.4 Å². The van der Waals surface area contributed by atoms with E-state index in [1.807, 2.05) is 0 Å². The SMILES string of the molecule is COCCCOC1CCCCC1N. The van der Waals surface area contributed by atoms with Crippen molar-refractivity contribution in [3.63, 3.8) is 0 Å². The minimum atomic E-state index is 0.260. The average Bonchev–Trinajstić information content (AvgIpc) is 2.15. The van der Waals surface area contributed by atoms with Crippen LogP contribution in [-0.2, 0) is 9.47 Å². The van der Waals surface area contributed by atoms with E-state index in [0.29, 0.717) is 6.10 Å². The second kappa shape index (κ2) is 6.35. The maximum absolute atomic E-state index is 5.94. The zero-order valence-electron chi connectivity index (χ0n) is 8.50. The van der Waals surface area contributed by atoms with E-state index in [1.54, 1.807) is 7.11 Å².